The smallest absolute Gasteiger partial charge is 0.261 e. The molecule has 1 aromatic heterocycles. The molecule has 3 nitrogen and oxygen atoms in total. The van der Waals surface area contributed by atoms with Crippen LogP contribution in [0.4, 0.5) is 0 Å². The Hall–Kier alpha value is -1.65. The van der Waals surface area contributed by atoms with E-state index in [1.807, 2.05) is 0 Å². The number of aryl methyl sites for hydroxylation is 2. The third-order valence-corrected chi connectivity index (χ3v) is 6.92. The molecule has 4 rings (SSSR count). The van der Waals surface area contributed by atoms with Crippen LogP contribution in [-0.2, 0) is 12.8 Å². The predicted octanol–water partition coefficient (Wildman–Crippen LogP) is 4.51. The Labute approximate surface area is 160 Å². The molecular formula is C22H28N2OS. The van der Waals surface area contributed by atoms with Crippen LogP contribution < -0.4 is 5.32 Å². The molecule has 2 heterocycles. The van der Waals surface area contributed by atoms with Crippen LogP contribution in [-0.4, -0.2) is 36.5 Å². The van der Waals surface area contributed by atoms with Crippen molar-refractivity contribution in [1.82, 2.24) is 10.2 Å². The Balaban J connectivity index is 1.39. The minimum Gasteiger partial charge on any atom is -0.349 e. The highest BCUT2D eigenvalue weighted by atomic mass is 32.1. The second kappa shape index (κ2) is 7.93. The van der Waals surface area contributed by atoms with Crippen molar-refractivity contribution in [2.45, 2.75) is 51.5 Å². The first-order chi connectivity index (χ1) is 12.7. The van der Waals surface area contributed by atoms with Crippen molar-refractivity contribution < 1.29 is 4.79 Å². The summed E-state index contributed by atoms with van der Waals surface area (Å²) in [5.41, 5.74) is 4.07. The second-order valence-electron chi connectivity index (χ2n) is 7.57. The maximum atomic E-state index is 12.8. The fourth-order valence-corrected chi connectivity index (χ4v) is 5.30. The first-order valence-corrected chi connectivity index (χ1v) is 10.8. The van der Waals surface area contributed by atoms with E-state index in [0.717, 1.165) is 43.6 Å². The standard InChI is InChI=1S/C22H28N2OS/c1-2-3-12-24-13-10-18(11-14-24)23-22(25)20-15-17-9-8-16-6-4-5-7-19(16)21(17)26-20/h4-7,15,18H,2-3,8-14H2,1H3,(H,23,25). The Morgan fingerprint density at radius 1 is 1.19 bits per heavy atom. The molecular weight excluding hydrogens is 340 g/mol. The van der Waals surface area contributed by atoms with Crippen LogP contribution in [0.25, 0.3) is 10.4 Å². The summed E-state index contributed by atoms with van der Waals surface area (Å²) in [5.74, 6) is 0.119. The van der Waals surface area contributed by atoms with Crippen molar-refractivity contribution in [2.24, 2.45) is 0 Å². The van der Waals surface area contributed by atoms with Gasteiger partial charge in [0.15, 0.2) is 0 Å². The summed E-state index contributed by atoms with van der Waals surface area (Å²) in [5, 5.41) is 3.29. The molecule has 1 aliphatic heterocycles. The largest absolute Gasteiger partial charge is 0.349 e. The highest BCUT2D eigenvalue weighted by Gasteiger charge is 2.24. The first-order valence-electron chi connectivity index (χ1n) is 9.99. The van der Waals surface area contributed by atoms with Crippen LogP contribution >= 0.6 is 11.3 Å². The number of amides is 1. The van der Waals surface area contributed by atoms with E-state index >= 15 is 0 Å². The Morgan fingerprint density at radius 3 is 2.77 bits per heavy atom. The second-order valence-corrected chi connectivity index (χ2v) is 8.62. The number of hydrogen-bond acceptors (Lipinski definition) is 3. The normalized spacial score (nSPS) is 17.6. The van der Waals surface area contributed by atoms with Crippen LogP contribution in [0.2, 0.25) is 0 Å². The number of carbonyl (C=O) groups is 1. The van der Waals surface area contributed by atoms with Crippen LogP contribution in [0.15, 0.2) is 30.3 Å². The van der Waals surface area contributed by atoms with E-state index in [-0.39, 0.29) is 5.91 Å². The number of piperidine rings is 1. The highest BCUT2D eigenvalue weighted by Crippen LogP contribution is 2.39. The summed E-state index contributed by atoms with van der Waals surface area (Å²) in [6.45, 7) is 5.67. The van der Waals surface area contributed by atoms with Crippen molar-refractivity contribution in [2.75, 3.05) is 19.6 Å². The van der Waals surface area contributed by atoms with Gasteiger partial charge in [-0.05, 0) is 61.4 Å². The van der Waals surface area contributed by atoms with E-state index in [2.05, 4.69) is 47.5 Å². The van der Waals surface area contributed by atoms with E-state index < -0.39 is 0 Å². The van der Waals surface area contributed by atoms with Gasteiger partial charge in [-0.2, -0.15) is 0 Å². The van der Waals surface area contributed by atoms with Gasteiger partial charge in [0.25, 0.3) is 5.91 Å². The fourth-order valence-electron chi connectivity index (χ4n) is 4.12. The number of carbonyl (C=O) groups excluding carboxylic acids is 1. The summed E-state index contributed by atoms with van der Waals surface area (Å²) in [6, 6.07) is 11.1. The average Bonchev–Trinajstić information content (AvgIpc) is 3.12. The molecule has 1 aliphatic carbocycles. The third kappa shape index (κ3) is 3.72. The number of rotatable bonds is 5. The number of nitrogens with zero attached hydrogens (tertiary/aromatic N) is 1. The van der Waals surface area contributed by atoms with E-state index in [1.54, 1.807) is 11.3 Å². The number of unbranched alkanes of at least 4 members (excludes halogenated alkanes) is 1. The predicted molar refractivity (Wildman–Crippen MR) is 109 cm³/mol. The maximum absolute atomic E-state index is 12.8. The molecule has 26 heavy (non-hydrogen) atoms. The number of likely N-dealkylation sites (tertiary alicyclic amines) is 1. The zero-order valence-electron chi connectivity index (χ0n) is 15.6. The molecule has 0 bridgehead atoms. The molecule has 1 aromatic carbocycles. The van der Waals surface area contributed by atoms with Gasteiger partial charge in [0.2, 0.25) is 0 Å². The van der Waals surface area contributed by atoms with Gasteiger partial charge in [0.05, 0.1) is 4.88 Å². The van der Waals surface area contributed by atoms with E-state index in [1.165, 1.54) is 41.0 Å². The number of nitrogens with one attached hydrogen (secondary N) is 1. The maximum Gasteiger partial charge on any atom is 0.261 e. The quantitative estimate of drug-likeness (QED) is 0.842. The number of thiophene rings is 1. The highest BCUT2D eigenvalue weighted by molar-refractivity contribution is 7.17. The number of hydrogen-bond donors (Lipinski definition) is 1. The van der Waals surface area contributed by atoms with E-state index in [9.17, 15) is 4.79 Å². The monoisotopic (exact) mass is 368 g/mol. The van der Waals surface area contributed by atoms with Crippen molar-refractivity contribution in [1.29, 1.82) is 0 Å². The van der Waals surface area contributed by atoms with E-state index in [0.29, 0.717) is 6.04 Å². The SMILES string of the molecule is CCCCN1CCC(NC(=O)c2cc3c(s2)-c2ccccc2CC3)CC1. The summed E-state index contributed by atoms with van der Waals surface area (Å²) >= 11 is 1.66. The lowest BCUT2D eigenvalue weighted by Gasteiger charge is -2.32. The Kier molecular flexibility index (Phi) is 5.41. The fraction of sp³-hybridized carbons (Fsp3) is 0.500. The summed E-state index contributed by atoms with van der Waals surface area (Å²) in [7, 11) is 0. The molecule has 0 unspecified atom stereocenters. The minimum atomic E-state index is 0.119. The molecule has 1 fully saturated rings. The molecule has 1 N–H and O–H groups in total. The van der Waals surface area contributed by atoms with Gasteiger partial charge in [-0.1, -0.05) is 37.6 Å². The number of fused-ring (bicyclic) bond motifs is 3. The molecule has 1 amide bonds. The molecule has 0 spiro atoms. The first kappa shape index (κ1) is 17.7. The van der Waals surface area contributed by atoms with Gasteiger partial charge in [-0.3, -0.25) is 4.79 Å². The lowest BCUT2D eigenvalue weighted by Crippen LogP contribution is -2.44. The van der Waals surface area contributed by atoms with Crippen molar-refractivity contribution in [3.63, 3.8) is 0 Å². The molecule has 2 aliphatic rings. The lowest BCUT2D eigenvalue weighted by molar-refractivity contribution is 0.0915. The van der Waals surface area contributed by atoms with Gasteiger partial charge >= 0.3 is 0 Å². The van der Waals surface area contributed by atoms with Crippen molar-refractivity contribution >= 4 is 17.2 Å². The van der Waals surface area contributed by atoms with Crippen LogP contribution in [0, 0.1) is 0 Å². The molecule has 0 radical (unpaired) electrons. The Morgan fingerprint density at radius 2 is 1.96 bits per heavy atom. The summed E-state index contributed by atoms with van der Waals surface area (Å²) in [4.78, 5) is 17.5. The third-order valence-electron chi connectivity index (χ3n) is 5.71. The summed E-state index contributed by atoms with van der Waals surface area (Å²) in [6.07, 6.45) is 6.80. The van der Waals surface area contributed by atoms with Gasteiger partial charge in [0.1, 0.15) is 0 Å². The van der Waals surface area contributed by atoms with Crippen molar-refractivity contribution in [3.8, 4) is 10.4 Å². The van der Waals surface area contributed by atoms with E-state index in [4.69, 9.17) is 0 Å². The Bertz CT molecular complexity index is 774. The van der Waals surface area contributed by atoms with Crippen LogP contribution in [0.5, 0.6) is 0 Å². The van der Waals surface area contributed by atoms with Gasteiger partial charge in [-0.15, -0.1) is 11.3 Å². The average molecular weight is 369 g/mol. The molecule has 1 saturated heterocycles. The zero-order chi connectivity index (χ0) is 17.9. The molecule has 0 atom stereocenters. The molecule has 138 valence electrons. The minimum absolute atomic E-state index is 0.119. The van der Waals surface area contributed by atoms with Gasteiger partial charge in [-0.25, -0.2) is 0 Å². The molecule has 4 heteroatoms. The molecule has 0 saturated carbocycles. The van der Waals surface area contributed by atoms with Crippen LogP contribution in [0.1, 0.15) is 53.4 Å². The van der Waals surface area contributed by atoms with Crippen LogP contribution in [0.3, 0.4) is 0 Å². The van der Waals surface area contributed by atoms with Gasteiger partial charge < -0.3 is 10.2 Å². The lowest BCUT2D eigenvalue weighted by atomic mass is 9.91. The van der Waals surface area contributed by atoms with Gasteiger partial charge in [0, 0.05) is 24.0 Å². The molecule has 2 aromatic rings. The zero-order valence-corrected chi connectivity index (χ0v) is 16.4. The van der Waals surface area contributed by atoms with Crippen molar-refractivity contribution in [3.05, 3.63) is 46.3 Å². The number of benzene rings is 1. The topological polar surface area (TPSA) is 32.3 Å². The summed E-state index contributed by atoms with van der Waals surface area (Å²) < 4.78 is 0.